The minimum atomic E-state index is -4.55. The van der Waals surface area contributed by atoms with Crippen LogP contribution in [-0.2, 0) is 25.8 Å². The van der Waals surface area contributed by atoms with Gasteiger partial charge in [0.2, 0.25) is 0 Å². The summed E-state index contributed by atoms with van der Waals surface area (Å²) in [7, 11) is 0. The summed E-state index contributed by atoms with van der Waals surface area (Å²) in [6.45, 7) is 2.37. The standard InChI is InChI=1S/C32H30ClF3N4O/c33-22-9-14-28-26(15-22)29(16-30(39-28)32(34,35)36)37-23-10-12-24(13-11-23)38-31(41)25-8-4-7-21-18-40(19-27(21)25)17-20-5-2-1-3-6-20/h1-9,14-16,23-24H,10-13,17-19H2,(H,37,39)(H,38,41). The summed E-state index contributed by atoms with van der Waals surface area (Å²) >= 11 is 6.14. The number of nitrogens with zero attached hydrogens (tertiary/aromatic N) is 2. The normalized spacial score (nSPS) is 19.2. The maximum atomic E-state index is 13.5. The molecule has 0 saturated heterocycles. The molecule has 5 nitrogen and oxygen atoms in total. The average molecular weight is 579 g/mol. The van der Waals surface area contributed by atoms with Gasteiger partial charge in [-0.15, -0.1) is 0 Å². The van der Waals surface area contributed by atoms with E-state index in [1.54, 1.807) is 6.07 Å². The first-order chi connectivity index (χ1) is 19.7. The molecule has 1 aliphatic carbocycles. The number of fused-ring (bicyclic) bond motifs is 2. The van der Waals surface area contributed by atoms with Gasteiger partial charge in [-0.25, -0.2) is 4.98 Å². The Labute approximate surface area is 241 Å². The fraction of sp³-hybridized carbons (Fsp3) is 0.312. The Morgan fingerprint density at radius 3 is 2.44 bits per heavy atom. The highest BCUT2D eigenvalue weighted by atomic mass is 35.5. The van der Waals surface area contributed by atoms with Gasteiger partial charge >= 0.3 is 6.18 Å². The maximum Gasteiger partial charge on any atom is 0.433 e. The Balaban J connectivity index is 1.09. The molecule has 0 unspecified atom stereocenters. The van der Waals surface area contributed by atoms with Gasteiger partial charge in [-0.3, -0.25) is 9.69 Å². The van der Waals surface area contributed by atoms with Crippen LogP contribution in [0.25, 0.3) is 10.9 Å². The summed E-state index contributed by atoms with van der Waals surface area (Å²) in [5, 5.41) is 7.52. The van der Waals surface area contributed by atoms with E-state index in [-0.39, 0.29) is 23.5 Å². The number of hydrogen-bond acceptors (Lipinski definition) is 4. The number of carbonyl (C=O) groups is 1. The van der Waals surface area contributed by atoms with E-state index in [9.17, 15) is 18.0 Å². The van der Waals surface area contributed by atoms with Crippen LogP contribution in [0.2, 0.25) is 5.02 Å². The van der Waals surface area contributed by atoms with Gasteiger partial charge in [0.25, 0.3) is 5.91 Å². The number of pyridine rings is 1. The SMILES string of the molecule is O=C(NC1CCC(Nc2cc(C(F)(F)F)nc3ccc(Cl)cc23)CC1)c1cccc2c1CN(Cc1ccccc1)C2. The van der Waals surface area contributed by atoms with Crippen molar-refractivity contribution in [2.24, 2.45) is 0 Å². The Hall–Kier alpha value is -3.62. The molecular weight excluding hydrogens is 549 g/mol. The quantitative estimate of drug-likeness (QED) is 0.248. The molecular formula is C32H30ClF3N4O. The van der Waals surface area contributed by atoms with Crippen LogP contribution in [0.15, 0.2) is 72.8 Å². The molecule has 212 valence electrons. The molecule has 6 rings (SSSR count). The molecule has 9 heteroatoms. The van der Waals surface area contributed by atoms with Gasteiger partial charge in [-0.05, 0) is 72.7 Å². The van der Waals surface area contributed by atoms with E-state index < -0.39 is 11.9 Å². The van der Waals surface area contributed by atoms with Crippen molar-refractivity contribution in [2.45, 2.75) is 63.6 Å². The molecule has 0 spiro atoms. The fourth-order valence-corrected chi connectivity index (χ4v) is 6.16. The van der Waals surface area contributed by atoms with Crippen molar-refractivity contribution in [3.8, 4) is 0 Å². The molecule has 1 aromatic heterocycles. The van der Waals surface area contributed by atoms with Crippen molar-refractivity contribution >= 4 is 34.1 Å². The average Bonchev–Trinajstić information content (AvgIpc) is 3.36. The number of anilines is 1. The third-order valence-electron chi connectivity index (χ3n) is 8.03. The van der Waals surface area contributed by atoms with Crippen LogP contribution in [0.5, 0.6) is 0 Å². The molecule has 2 heterocycles. The monoisotopic (exact) mass is 578 g/mol. The van der Waals surface area contributed by atoms with Crippen molar-refractivity contribution in [2.75, 3.05) is 5.32 Å². The van der Waals surface area contributed by atoms with Crippen LogP contribution < -0.4 is 10.6 Å². The number of benzene rings is 3. The number of halogens is 4. The zero-order valence-corrected chi connectivity index (χ0v) is 23.1. The summed E-state index contributed by atoms with van der Waals surface area (Å²) in [5.41, 5.74) is 3.91. The second-order valence-electron chi connectivity index (χ2n) is 11.0. The number of hydrogen-bond donors (Lipinski definition) is 2. The molecule has 1 saturated carbocycles. The molecule has 1 fully saturated rings. The van der Waals surface area contributed by atoms with Crippen molar-refractivity contribution in [3.63, 3.8) is 0 Å². The first-order valence-corrected chi connectivity index (χ1v) is 14.2. The van der Waals surface area contributed by atoms with Crippen LogP contribution in [-0.4, -0.2) is 27.9 Å². The van der Waals surface area contributed by atoms with Crippen LogP contribution in [0.3, 0.4) is 0 Å². The lowest BCUT2D eigenvalue weighted by Gasteiger charge is -2.31. The number of alkyl halides is 3. The molecule has 0 radical (unpaired) electrons. The lowest BCUT2D eigenvalue weighted by molar-refractivity contribution is -0.140. The first-order valence-electron chi connectivity index (χ1n) is 13.8. The van der Waals surface area contributed by atoms with Gasteiger partial charge in [0.1, 0.15) is 5.69 Å². The van der Waals surface area contributed by atoms with Gasteiger partial charge in [-0.1, -0.05) is 54.1 Å². The van der Waals surface area contributed by atoms with Crippen molar-refractivity contribution in [1.82, 2.24) is 15.2 Å². The molecule has 41 heavy (non-hydrogen) atoms. The fourth-order valence-electron chi connectivity index (χ4n) is 5.98. The van der Waals surface area contributed by atoms with Crippen LogP contribution in [0, 0.1) is 0 Å². The molecule has 0 bridgehead atoms. The highest BCUT2D eigenvalue weighted by Crippen LogP contribution is 2.35. The zero-order valence-electron chi connectivity index (χ0n) is 22.3. The molecule has 1 aliphatic heterocycles. The number of aromatic nitrogens is 1. The summed E-state index contributed by atoms with van der Waals surface area (Å²) in [4.78, 5) is 19.5. The number of carbonyl (C=O) groups excluding carboxylic acids is 1. The van der Waals surface area contributed by atoms with Gasteiger partial charge in [0, 0.05) is 53.4 Å². The van der Waals surface area contributed by atoms with Gasteiger partial charge in [0.15, 0.2) is 0 Å². The van der Waals surface area contributed by atoms with Crippen LogP contribution in [0.1, 0.15) is 58.4 Å². The van der Waals surface area contributed by atoms with Crippen LogP contribution >= 0.6 is 11.6 Å². The lowest BCUT2D eigenvalue weighted by Crippen LogP contribution is -2.40. The second kappa shape index (κ2) is 11.3. The van der Waals surface area contributed by atoms with E-state index in [0.29, 0.717) is 28.9 Å². The second-order valence-corrected chi connectivity index (χ2v) is 11.4. The molecule has 2 N–H and O–H groups in total. The Morgan fingerprint density at radius 2 is 1.68 bits per heavy atom. The van der Waals surface area contributed by atoms with Gasteiger partial charge in [0.05, 0.1) is 5.52 Å². The van der Waals surface area contributed by atoms with Crippen LogP contribution in [0.4, 0.5) is 18.9 Å². The van der Waals surface area contributed by atoms with E-state index in [0.717, 1.165) is 49.7 Å². The highest BCUT2D eigenvalue weighted by molar-refractivity contribution is 6.31. The van der Waals surface area contributed by atoms with E-state index in [1.165, 1.54) is 23.3 Å². The van der Waals surface area contributed by atoms with Crippen molar-refractivity contribution in [1.29, 1.82) is 0 Å². The Kier molecular flexibility index (Phi) is 7.62. The molecule has 0 atom stereocenters. The molecule has 2 aliphatic rings. The predicted octanol–water partition coefficient (Wildman–Crippen LogP) is 7.58. The lowest BCUT2D eigenvalue weighted by atomic mass is 9.90. The summed E-state index contributed by atoms with van der Waals surface area (Å²) in [5.74, 6) is -0.0654. The first kappa shape index (κ1) is 27.5. The van der Waals surface area contributed by atoms with Gasteiger partial charge in [-0.2, -0.15) is 13.2 Å². The third kappa shape index (κ3) is 6.19. The number of rotatable bonds is 6. The van der Waals surface area contributed by atoms with Gasteiger partial charge < -0.3 is 10.6 Å². The summed E-state index contributed by atoms with van der Waals surface area (Å²) < 4.78 is 40.5. The van der Waals surface area contributed by atoms with Crippen molar-refractivity contribution in [3.05, 3.63) is 106 Å². The highest BCUT2D eigenvalue weighted by Gasteiger charge is 2.34. The Bertz CT molecular complexity index is 1570. The number of amides is 1. The largest absolute Gasteiger partial charge is 0.433 e. The van der Waals surface area contributed by atoms with Crippen molar-refractivity contribution < 1.29 is 18.0 Å². The number of nitrogens with one attached hydrogen (secondary N) is 2. The maximum absolute atomic E-state index is 13.5. The summed E-state index contributed by atoms with van der Waals surface area (Å²) in [6.07, 6.45) is -1.66. The predicted molar refractivity (Wildman–Crippen MR) is 155 cm³/mol. The van der Waals surface area contributed by atoms with E-state index >= 15 is 0 Å². The minimum absolute atomic E-state index is 0.00703. The smallest absolute Gasteiger partial charge is 0.382 e. The minimum Gasteiger partial charge on any atom is -0.382 e. The van der Waals surface area contributed by atoms with E-state index in [1.807, 2.05) is 30.3 Å². The Morgan fingerprint density at radius 1 is 0.927 bits per heavy atom. The summed E-state index contributed by atoms with van der Waals surface area (Å²) in [6, 6.07) is 22.0. The van der Waals surface area contributed by atoms with E-state index in [2.05, 4.69) is 38.7 Å². The van der Waals surface area contributed by atoms with E-state index in [4.69, 9.17) is 11.6 Å². The molecule has 4 aromatic rings. The third-order valence-corrected chi connectivity index (χ3v) is 8.26. The molecule has 1 amide bonds. The zero-order chi connectivity index (χ0) is 28.6. The molecule has 3 aromatic carbocycles. The topological polar surface area (TPSA) is 57.3 Å².